The van der Waals surface area contributed by atoms with Gasteiger partial charge < -0.3 is 4.52 Å². The van der Waals surface area contributed by atoms with E-state index in [1.54, 1.807) is 19.1 Å². The fourth-order valence-electron chi connectivity index (χ4n) is 1.92. The molecule has 0 radical (unpaired) electrons. The number of hydrogen-bond acceptors (Lipinski definition) is 5. The van der Waals surface area contributed by atoms with Gasteiger partial charge in [-0.2, -0.15) is 0 Å². The minimum atomic E-state index is -3.41. The fraction of sp³-hybridized carbons (Fsp3) is 0.333. The Morgan fingerprint density at radius 2 is 1.63 bits per heavy atom. The van der Waals surface area contributed by atoms with Crippen LogP contribution in [-0.2, 0) is 9.09 Å². The highest BCUT2D eigenvalue weighted by Crippen LogP contribution is 2.62. The summed E-state index contributed by atoms with van der Waals surface area (Å²) in [6.07, 6.45) is 0. The summed E-state index contributed by atoms with van der Waals surface area (Å²) < 4.78 is 24.1. The van der Waals surface area contributed by atoms with Crippen molar-refractivity contribution in [2.75, 3.05) is 12.4 Å². The first kappa shape index (κ1) is 23.3. The Balaban J connectivity index is 2.21. The van der Waals surface area contributed by atoms with Crippen molar-refractivity contribution < 1.29 is 13.6 Å². The van der Waals surface area contributed by atoms with E-state index in [4.69, 9.17) is 43.9 Å². The van der Waals surface area contributed by atoms with Crippen LogP contribution in [0.25, 0.3) is 0 Å². The Labute approximate surface area is 183 Å². The van der Waals surface area contributed by atoms with Crippen molar-refractivity contribution in [1.82, 2.24) is 0 Å². The number of hydrogen-bond donors (Lipinski definition) is 0. The molecule has 3 nitrogen and oxygen atoms in total. The largest absolute Gasteiger partial charge is 0.440 e. The van der Waals surface area contributed by atoms with Gasteiger partial charge in [-0.25, -0.2) is 4.57 Å². The third kappa shape index (κ3) is 7.40. The highest BCUT2D eigenvalue weighted by atomic mass is 35.5. The first-order chi connectivity index (χ1) is 12.7. The van der Waals surface area contributed by atoms with Gasteiger partial charge in [0.15, 0.2) is 5.75 Å². The van der Waals surface area contributed by atoms with Crippen LogP contribution in [0.4, 0.5) is 0 Å². The lowest BCUT2D eigenvalue weighted by Gasteiger charge is -2.20. The second kappa shape index (κ2) is 10.7. The van der Waals surface area contributed by atoms with E-state index in [1.807, 2.05) is 38.1 Å². The molecule has 9 heteroatoms. The van der Waals surface area contributed by atoms with E-state index >= 15 is 0 Å². The third-order valence-electron chi connectivity index (χ3n) is 3.08. The zero-order valence-corrected chi connectivity index (χ0v) is 19.9. The summed E-state index contributed by atoms with van der Waals surface area (Å²) in [5.74, 6) is 1.15. The smallest absolute Gasteiger partial charge is 0.414 e. The van der Waals surface area contributed by atoms with Gasteiger partial charge in [0.25, 0.3) is 0 Å². The first-order valence-electron chi connectivity index (χ1n) is 8.23. The number of rotatable bonds is 9. The van der Waals surface area contributed by atoms with Crippen LogP contribution in [-0.4, -0.2) is 12.4 Å². The average Bonchev–Trinajstić information content (AvgIpc) is 2.59. The maximum atomic E-state index is 13.0. The van der Waals surface area contributed by atoms with Crippen molar-refractivity contribution in [3.63, 3.8) is 0 Å². The fourth-order valence-corrected chi connectivity index (χ4v) is 7.51. The van der Waals surface area contributed by atoms with Crippen molar-refractivity contribution in [3.05, 3.63) is 51.5 Å². The van der Waals surface area contributed by atoms with Gasteiger partial charge in [0.05, 0.1) is 16.7 Å². The molecule has 0 aliphatic rings. The van der Waals surface area contributed by atoms with Crippen LogP contribution in [0.2, 0.25) is 15.1 Å². The predicted molar refractivity (Wildman–Crippen MR) is 119 cm³/mol. The van der Waals surface area contributed by atoms with Gasteiger partial charge in [0, 0.05) is 20.6 Å². The van der Waals surface area contributed by atoms with Crippen molar-refractivity contribution in [1.29, 1.82) is 0 Å². The molecule has 0 fully saturated rings. The maximum Gasteiger partial charge on any atom is 0.440 e. The molecule has 0 saturated heterocycles. The molecule has 0 heterocycles. The van der Waals surface area contributed by atoms with Gasteiger partial charge >= 0.3 is 6.80 Å². The molecular weight excluding hydrogens is 466 g/mol. The zero-order chi connectivity index (χ0) is 20.0. The van der Waals surface area contributed by atoms with E-state index in [2.05, 4.69) is 0 Å². The van der Waals surface area contributed by atoms with Crippen LogP contribution in [0.3, 0.4) is 0 Å². The second-order valence-corrected chi connectivity index (χ2v) is 12.4. The SMILES string of the molecule is CCOP(=O)(Oc1c(Cl)cc(Sc2ccc(Cl)cc2)cc1Cl)SCC(C)C. The monoisotopic (exact) mass is 484 g/mol. The van der Waals surface area contributed by atoms with Crippen molar-refractivity contribution in [2.45, 2.75) is 30.6 Å². The lowest BCUT2D eigenvalue weighted by atomic mass is 10.3. The van der Waals surface area contributed by atoms with Crippen LogP contribution in [0.1, 0.15) is 20.8 Å². The summed E-state index contributed by atoms with van der Waals surface area (Å²) in [4.78, 5) is 1.83. The van der Waals surface area contributed by atoms with Crippen LogP contribution < -0.4 is 4.52 Å². The van der Waals surface area contributed by atoms with Crippen molar-refractivity contribution >= 4 is 64.7 Å². The molecule has 1 atom stereocenters. The van der Waals surface area contributed by atoms with Crippen LogP contribution in [0.5, 0.6) is 5.75 Å². The minimum Gasteiger partial charge on any atom is -0.414 e. The normalized spacial score (nSPS) is 13.6. The Kier molecular flexibility index (Phi) is 9.21. The Morgan fingerprint density at radius 1 is 1.04 bits per heavy atom. The molecule has 0 aromatic heterocycles. The summed E-state index contributed by atoms with van der Waals surface area (Å²) in [6, 6.07) is 10.9. The van der Waals surface area contributed by atoms with Crippen molar-refractivity contribution in [3.8, 4) is 5.75 Å². The Hall–Kier alpha value is -0.000000000000000167. The molecule has 0 amide bonds. The maximum absolute atomic E-state index is 13.0. The molecule has 2 rings (SSSR count). The predicted octanol–water partition coefficient (Wildman–Crippen LogP) is 8.71. The number of halogens is 3. The molecular formula is C18H20Cl3O3PS2. The molecule has 1 unspecified atom stereocenters. The quantitative estimate of drug-likeness (QED) is 0.332. The van der Waals surface area contributed by atoms with E-state index < -0.39 is 6.80 Å². The zero-order valence-electron chi connectivity index (χ0n) is 15.1. The van der Waals surface area contributed by atoms with Gasteiger partial charge in [0.1, 0.15) is 0 Å². The van der Waals surface area contributed by atoms with Gasteiger partial charge in [0.2, 0.25) is 0 Å². The van der Waals surface area contributed by atoms with E-state index in [9.17, 15) is 4.57 Å². The summed E-state index contributed by atoms with van der Waals surface area (Å²) in [6.45, 7) is 2.69. The van der Waals surface area contributed by atoms with Gasteiger partial charge in [-0.1, -0.05) is 60.4 Å². The highest BCUT2D eigenvalue weighted by molar-refractivity contribution is 8.55. The summed E-state index contributed by atoms with van der Waals surface area (Å²) in [5, 5.41) is 1.23. The molecule has 148 valence electrons. The van der Waals surface area contributed by atoms with Crippen molar-refractivity contribution in [2.24, 2.45) is 5.92 Å². The Bertz CT molecular complexity index is 793. The molecule has 0 N–H and O–H groups in total. The average molecular weight is 486 g/mol. The standard InChI is InChI=1S/C18H20Cl3O3PS2/c1-4-23-25(22,26-11-12(2)3)24-18-16(20)9-15(10-17(18)21)27-14-7-5-13(19)6-8-14/h5-10,12H,4,11H2,1-3H3. The van der Waals surface area contributed by atoms with E-state index in [1.165, 1.54) is 11.8 Å². The molecule has 0 aliphatic carbocycles. The Morgan fingerprint density at radius 3 is 2.15 bits per heavy atom. The lowest BCUT2D eigenvalue weighted by molar-refractivity contribution is 0.296. The summed E-state index contributed by atoms with van der Waals surface area (Å²) in [5.41, 5.74) is 0. The summed E-state index contributed by atoms with van der Waals surface area (Å²) >= 11 is 21.3. The van der Waals surface area contributed by atoms with E-state index in [0.29, 0.717) is 16.7 Å². The van der Waals surface area contributed by atoms with Gasteiger partial charge in [-0.05, 0) is 60.6 Å². The molecule has 27 heavy (non-hydrogen) atoms. The van der Waals surface area contributed by atoms with E-state index in [-0.39, 0.29) is 22.4 Å². The number of benzene rings is 2. The molecule has 2 aromatic rings. The molecule has 2 aromatic carbocycles. The van der Waals surface area contributed by atoms with Gasteiger partial charge in [-0.3, -0.25) is 4.52 Å². The molecule has 0 bridgehead atoms. The van der Waals surface area contributed by atoms with Crippen LogP contribution in [0.15, 0.2) is 46.2 Å². The van der Waals surface area contributed by atoms with E-state index in [0.717, 1.165) is 21.2 Å². The highest BCUT2D eigenvalue weighted by Gasteiger charge is 2.29. The third-order valence-corrected chi connectivity index (χ3v) is 8.92. The molecule has 0 saturated carbocycles. The topological polar surface area (TPSA) is 35.5 Å². The minimum absolute atomic E-state index is 0.173. The molecule has 0 aliphatic heterocycles. The van der Waals surface area contributed by atoms with Crippen LogP contribution in [0, 0.1) is 5.92 Å². The van der Waals surface area contributed by atoms with Crippen LogP contribution >= 0.6 is 64.7 Å². The van der Waals surface area contributed by atoms with Gasteiger partial charge in [-0.15, -0.1) is 0 Å². The summed E-state index contributed by atoms with van der Waals surface area (Å²) in [7, 11) is 0. The lowest BCUT2D eigenvalue weighted by Crippen LogP contribution is -2.00. The first-order valence-corrected chi connectivity index (χ1v) is 13.3. The molecule has 0 spiro atoms. The second-order valence-electron chi connectivity index (χ2n) is 5.92.